The molecule has 2 amide bonds. The first-order valence-electron chi connectivity index (χ1n) is 11.4. The number of nitrogens with one attached hydrogen (secondary N) is 3. The van der Waals surface area contributed by atoms with Crippen molar-refractivity contribution in [3.8, 4) is 0 Å². The number of hydrogen-bond donors (Lipinski definition) is 3. The lowest BCUT2D eigenvalue weighted by Crippen LogP contribution is -2.46. The lowest BCUT2D eigenvalue weighted by atomic mass is 9.84. The van der Waals surface area contributed by atoms with Crippen LogP contribution >= 0.6 is 0 Å². The standard InChI is InChI=1S/C23H32N6O3/c1-4-24-22(30)25-16-7-5-15(6-8-16)19-26-18-17(20(27-19)29-10-13-31-14-11-29)28(3)21-23(18,2)9-12-32-21/h5-8,19,21,26H,4,9-14H2,1-3H3,(H2,24,25,30). The SMILES string of the molecule is CCNC(=O)Nc1ccc(C2N=C(N3CCOCC3)C3=C(N2)C2(C)CCOC2N3C)cc1. The Kier molecular flexibility index (Phi) is 5.46. The number of rotatable bonds is 3. The number of carbonyl (C=O) groups excluding carboxylic acids is 1. The van der Waals surface area contributed by atoms with Crippen molar-refractivity contribution in [3.05, 3.63) is 41.2 Å². The van der Waals surface area contributed by atoms with E-state index in [0.717, 1.165) is 48.9 Å². The molecule has 2 fully saturated rings. The van der Waals surface area contributed by atoms with E-state index >= 15 is 0 Å². The van der Waals surface area contributed by atoms with E-state index in [4.69, 9.17) is 14.5 Å². The summed E-state index contributed by atoms with van der Waals surface area (Å²) in [6, 6.07) is 7.69. The Balaban J connectivity index is 1.46. The monoisotopic (exact) mass is 440 g/mol. The number of benzene rings is 1. The maximum atomic E-state index is 11.8. The van der Waals surface area contributed by atoms with Crippen LogP contribution in [0.3, 0.4) is 0 Å². The third-order valence-electron chi connectivity index (χ3n) is 6.83. The molecule has 32 heavy (non-hydrogen) atoms. The number of amidine groups is 1. The van der Waals surface area contributed by atoms with Gasteiger partial charge in [0.2, 0.25) is 0 Å². The Hall–Kier alpha value is -2.78. The quantitative estimate of drug-likeness (QED) is 0.667. The summed E-state index contributed by atoms with van der Waals surface area (Å²) < 4.78 is 11.7. The number of ether oxygens (including phenoxy) is 2. The van der Waals surface area contributed by atoms with Crippen LogP contribution in [-0.4, -0.2) is 74.4 Å². The van der Waals surface area contributed by atoms with Gasteiger partial charge in [-0.05, 0) is 38.0 Å². The molecule has 0 aromatic heterocycles. The number of aliphatic imine (C=N–C) groups is 1. The molecule has 1 aromatic carbocycles. The van der Waals surface area contributed by atoms with Crippen molar-refractivity contribution in [1.82, 2.24) is 20.4 Å². The van der Waals surface area contributed by atoms with Gasteiger partial charge in [0.1, 0.15) is 18.1 Å². The second kappa shape index (κ2) is 8.29. The predicted octanol–water partition coefficient (Wildman–Crippen LogP) is 2.07. The summed E-state index contributed by atoms with van der Waals surface area (Å²) in [6.07, 6.45) is 0.801. The highest BCUT2D eigenvalue weighted by Gasteiger charge is 2.55. The van der Waals surface area contributed by atoms with Crippen LogP contribution in [-0.2, 0) is 9.47 Å². The van der Waals surface area contributed by atoms with Crippen LogP contribution in [0.5, 0.6) is 0 Å². The smallest absolute Gasteiger partial charge is 0.319 e. The van der Waals surface area contributed by atoms with Crippen molar-refractivity contribution in [2.24, 2.45) is 10.4 Å². The minimum absolute atomic E-state index is 0.0219. The van der Waals surface area contributed by atoms with Gasteiger partial charge in [-0.15, -0.1) is 0 Å². The molecule has 0 aliphatic carbocycles. The van der Waals surface area contributed by atoms with Crippen molar-refractivity contribution in [1.29, 1.82) is 0 Å². The number of hydrogen-bond acceptors (Lipinski definition) is 7. The second-order valence-corrected chi connectivity index (χ2v) is 8.93. The van der Waals surface area contributed by atoms with Crippen LogP contribution in [0.15, 0.2) is 40.7 Å². The zero-order chi connectivity index (χ0) is 22.3. The molecule has 0 bridgehead atoms. The molecule has 0 saturated carbocycles. The van der Waals surface area contributed by atoms with Crippen molar-refractivity contribution < 1.29 is 14.3 Å². The first-order chi connectivity index (χ1) is 15.5. The Morgan fingerprint density at radius 1 is 1.25 bits per heavy atom. The number of likely N-dealkylation sites (N-methyl/N-ethyl adjacent to an activating group) is 1. The Morgan fingerprint density at radius 2 is 2.00 bits per heavy atom. The molecule has 3 atom stereocenters. The largest absolute Gasteiger partial charge is 0.378 e. The molecule has 5 rings (SSSR count). The maximum absolute atomic E-state index is 11.8. The van der Waals surface area contributed by atoms with Gasteiger partial charge in [0.15, 0.2) is 5.84 Å². The van der Waals surface area contributed by atoms with Gasteiger partial charge >= 0.3 is 6.03 Å². The first-order valence-corrected chi connectivity index (χ1v) is 11.4. The zero-order valence-electron chi connectivity index (χ0n) is 19.0. The minimum atomic E-state index is -0.201. The van der Waals surface area contributed by atoms with Crippen LogP contribution in [0.2, 0.25) is 0 Å². The highest BCUT2D eigenvalue weighted by molar-refractivity contribution is 6.00. The second-order valence-electron chi connectivity index (χ2n) is 8.93. The van der Waals surface area contributed by atoms with E-state index < -0.39 is 0 Å². The molecule has 3 unspecified atom stereocenters. The third-order valence-corrected chi connectivity index (χ3v) is 6.83. The van der Waals surface area contributed by atoms with E-state index in [1.807, 2.05) is 31.2 Å². The normalized spacial score (nSPS) is 29.3. The summed E-state index contributed by atoms with van der Waals surface area (Å²) in [6.45, 7) is 8.60. The van der Waals surface area contributed by atoms with Gasteiger partial charge in [-0.2, -0.15) is 0 Å². The van der Waals surface area contributed by atoms with Crippen LogP contribution in [0, 0.1) is 5.41 Å². The highest BCUT2D eigenvalue weighted by Crippen LogP contribution is 2.51. The molecular weight excluding hydrogens is 408 g/mol. The predicted molar refractivity (Wildman–Crippen MR) is 122 cm³/mol. The van der Waals surface area contributed by atoms with Crippen LogP contribution in [0.4, 0.5) is 10.5 Å². The Labute approximate surface area is 188 Å². The Morgan fingerprint density at radius 3 is 2.72 bits per heavy atom. The van der Waals surface area contributed by atoms with Gasteiger partial charge < -0.3 is 35.2 Å². The first kappa shape index (κ1) is 21.1. The summed E-state index contributed by atoms with van der Waals surface area (Å²) in [5.74, 6) is 1.01. The molecule has 9 nitrogen and oxygen atoms in total. The van der Waals surface area contributed by atoms with E-state index in [9.17, 15) is 4.79 Å². The molecule has 9 heteroatoms. The van der Waals surface area contributed by atoms with Gasteiger partial charge in [0.25, 0.3) is 0 Å². The number of morpholine rings is 1. The molecule has 4 heterocycles. The van der Waals surface area contributed by atoms with Crippen LogP contribution in [0.25, 0.3) is 0 Å². The fourth-order valence-corrected chi connectivity index (χ4v) is 5.15. The summed E-state index contributed by atoms with van der Waals surface area (Å²) in [7, 11) is 2.11. The number of urea groups is 1. The molecule has 0 radical (unpaired) electrons. The molecule has 1 aromatic rings. The number of carbonyl (C=O) groups is 1. The fraction of sp³-hybridized carbons (Fsp3) is 0.565. The zero-order valence-corrected chi connectivity index (χ0v) is 19.0. The van der Waals surface area contributed by atoms with Crippen molar-refractivity contribution >= 4 is 17.6 Å². The third kappa shape index (κ3) is 3.49. The van der Waals surface area contributed by atoms with Crippen LogP contribution in [0.1, 0.15) is 32.0 Å². The van der Waals surface area contributed by atoms with Crippen molar-refractivity contribution in [3.63, 3.8) is 0 Å². The average Bonchev–Trinajstić information content (AvgIpc) is 3.30. The van der Waals surface area contributed by atoms with Gasteiger partial charge in [-0.1, -0.05) is 12.1 Å². The number of fused-ring (bicyclic) bond motifs is 2. The van der Waals surface area contributed by atoms with Gasteiger partial charge in [0, 0.05) is 32.4 Å². The fourth-order valence-electron chi connectivity index (χ4n) is 5.15. The molecule has 0 spiro atoms. The molecule has 2 saturated heterocycles. The molecule has 172 valence electrons. The lowest BCUT2D eigenvalue weighted by molar-refractivity contribution is -0.0100. The molecular formula is C23H32N6O3. The molecule has 4 aliphatic rings. The summed E-state index contributed by atoms with van der Waals surface area (Å²) in [4.78, 5) is 21.6. The van der Waals surface area contributed by atoms with E-state index in [-0.39, 0.29) is 23.8 Å². The van der Waals surface area contributed by atoms with Gasteiger partial charge in [-0.3, -0.25) is 0 Å². The number of nitrogens with zero attached hydrogens (tertiary/aromatic N) is 3. The summed E-state index contributed by atoms with van der Waals surface area (Å²) in [5.41, 5.74) is 4.08. The Bertz CT molecular complexity index is 940. The average molecular weight is 441 g/mol. The van der Waals surface area contributed by atoms with E-state index in [2.05, 4.69) is 39.7 Å². The van der Waals surface area contributed by atoms with Crippen molar-refractivity contribution in [2.75, 3.05) is 51.8 Å². The number of anilines is 1. The number of amides is 2. The van der Waals surface area contributed by atoms with E-state index in [1.165, 1.54) is 5.70 Å². The maximum Gasteiger partial charge on any atom is 0.319 e. The van der Waals surface area contributed by atoms with Crippen LogP contribution < -0.4 is 16.0 Å². The highest BCUT2D eigenvalue weighted by atomic mass is 16.5. The van der Waals surface area contributed by atoms with E-state index in [0.29, 0.717) is 19.8 Å². The molecule has 3 N–H and O–H groups in total. The topological polar surface area (TPSA) is 90.5 Å². The van der Waals surface area contributed by atoms with Crippen molar-refractivity contribution in [2.45, 2.75) is 32.7 Å². The minimum Gasteiger partial charge on any atom is -0.378 e. The van der Waals surface area contributed by atoms with E-state index in [1.54, 1.807) is 0 Å². The summed E-state index contributed by atoms with van der Waals surface area (Å²) >= 11 is 0. The summed E-state index contributed by atoms with van der Waals surface area (Å²) in [5, 5.41) is 9.33. The van der Waals surface area contributed by atoms with Gasteiger partial charge in [-0.25, -0.2) is 9.79 Å². The molecule has 4 aliphatic heterocycles. The lowest BCUT2D eigenvalue weighted by Gasteiger charge is -2.37. The van der Waals surface area contributed by atoms with Gasteiger partial charge in [0.05, 0.1) is 30.9 Å².